The van der Waals surface area contributed by atoms with Gasteiger partial charge < -0.3 is 19.3 Å². The summed E-state index contributed by atoms with van der Waals surface area (Å²) in [5.41, 5.74) is 0.931. The first-order valence-corrected chi connectivity index (χ1v) is 6.04. The van der Waals surface area contributed by atoms with Crippen molar-refractivity contribution >= 4 is 11.9 Å². The monoisotopic (exact) mass is 268 g/mol. The van der Waals surface area contributed by atoms with Gasteiger partial charge in [0.1, 0.15) is 11.3 Å². The van der Waals surface area contributed by atoms with E-state index in [1.807, 2.05) is 0 Å². The topological polar surface area (TPSA) is 92.9 Å². The molecule has 1 aromatic heterocycles. The summed E-state index contributed by atoms with van der Waals surface area (Å²) < 4.78 is 10.2. The second kappa shape index (κ2) is 5.40. The van der Waals surface area contributed by atoms with Crippen molar-refractivity contribution in [2.24, 2.45) is 0 Å². The largest absolute Gasteiger partial charge is 0.481 e. The molecule has 7 nitrogen and oxygen atoms in total. The Hall–Kier alpha value is -1.89. The van der Waals surface area contributed by atoms with Crippen LogP contribution in [0.2, 0.25) is 0 Å². The van der Waals surface area contributed by atoms with E-state index in [1.165, 1.54) is 4.90 Å². The van der Waals surface area contributed by atoms with Crippen LogP contribution < -0.4 is 0 Å². The van der Waals surface area contributed by atoms with Crippen molar-refractivity contribution in [2.75, 3.05) is 19.8 Å². The minimum absolute atomic E-state index is 0.130. The van der Waals surface area contributed by atoms with Gasteiger partial charge in [0.2, 0.25) is 0 Å². The predicted molar refractivity (Wildman–Crippen MR) is 63.9 cm³/mol. The summed E-state index contributed by atoms with van der Waals surface area (Å²) in [6.07, 6.45) is -0.130. The number of ether oxygens (including phenoxy) is 1. The first-order chi connectivity index (χ1) is 9.00. The lowest BCUT2D eigenvalue weighted by Gasteiger charge is -2.34. The van der Waals surface area contributed by atoms with E-state index >= 15 is 0 Å². The number of nitrogens with zero attached hydrogens (tertiary/aromatic N) is 2. The fraction of sp³-hybridized carbons (Fsp3) is 0.583. The molecule has 19 heavy (non-hydrogen) atoms. The molecular formula is C12H16N2O5. The van der Waals surface area contributed by atoms with E-state index in [0.717, 1.165) is 0 Å². The molecule has 0 spiro atoms. The zero-order valence-electron chi connectivity index (χ0n) is 10.9. The molecule has 1 atom stereocenters. The number of carboxylic acids is 1. The number of hydrogen-bond acceptors (Lipinski definition) is 5. The molecule has 1 amide bonds. The van der Waals surface area contributed by atoms with Crippen molar-refractivity contribution in [1.29, 1.82) is 0 Å². The van der Waals surface area contributed by atoms with Gasteiger partial charge in [-0.1, -0.05) is 5.16 Å². The fourth-order valence-electron chi connectivity index (χ4n) is 2.22. The maximum atomic E-state index is 12.5. The van der Waals surface area contributed by atoms with Crippen molar-refractivity contribution in [3.63, 3.8) is 0 Å². The van der Waals surface area contributed by atoms with Gasteiger partial charge >= 0.3 is 5.97 Å². The van der Waals surface area contributed by atoms with Crippen LogP contribution in [-0.2, 0) is 9.53 Å². The maximum Gasteiger partial charge on any atom is 0.305 e. The summed E-state index contributed by atoms with van der Waals surface area (Å²) in [6.45, 7) is 4.38. The molecule has 0 aliphatic carbocycles. The van der Waals surface area contributed by atoms with E-state index in [0.29, 0.717) is 30.2 Å². The third-order valence-electron chi connectivity index (χ3n) is 3.15. The van der Waals surface area contributed by atoms with Gasteiger partial charge in [-0.05, 0) is 13.8 Å². The highest BCUT2D eigenvalue weighted by Gasteiger charge is 2.32. The summed E-state index contributed by atoms with van der Waals surface area (Å²) in [6, 6.07) is -0.451. The number of hydrogen-bond donors (Lipinski definition) is 1. The number of carbonyl (C=O) groups is 2. The van der Waals surface area contributed by atoms with Crippen LogP contribution >= 0.6 is 0 Å². The molecule has 0 saturated carbocycles. The molecule has 7 heteroatoms. The zero-order chi connectivity index (χ0) is 14.0. The van der Waals surface area contributed by atoms with Gasteiger partial charge in [-0.25, -0.2) is 0 Å². The Labute approximate surface area is 110 Å². The lowest BCUT2D eigenvalue weighted by Crippen LogP contribution is -2.49. The second-order valence-electron chi connectivity index (χ2n) is 4.52. The Morgan fingerprint density at radius 1 is 1.47 bits per heavy atom. The van der Waals surface area contributed by atoms with Crippen LogP contribution in [0.1, 0.15) is 28.2 Å². The summed E-state index contributed by atoms with van der Waals surface area (Å²) >= 11 is 0. The maximum absolute atomic E-state index is 12.5. The highest BCUT2D eigenvalue weighted by molar-refractivity contribution is 5.96. The number of aliphatic carboxylic acids is 1. The molecule has 1 aromatic rings. The molecule has 0 radical (unpaired) electrons. The standard InChI is InChI=1S/C12H16N2O5/c1-7-11(8(2)19-13-7)12(17)14-3-4-18-6-9(14)5-10(15)16/h9H,3-6H2,1-2H3,(H,15,16). The van der Waals surface area contributed by atoms with E-state index in [-0.39, 0.29) is 18.9 Å². The SMILES string of the molecule is Cc1noc(C)c1C(=O)N1CCOCC1CC(=O)O. The summed E-state index contributed by atoms with van der Waals surface area (Å²) in [5, 5.41) is 12.6. The average molecular weight is 268 g/mol. The van der Waals surface area contributed by atoms with Crippen LogP contribution in [0.15, 0.2) is 4.52 Å². The van der Waals surface area contributed by atoms with Crippen molar-refractivity contribution in [2.45, 2.75) is 26.3 Å². The normalized spacial score (nSPS) is 19.5. The van der Waals surface area contributed by atoms with Gasteiger partial charge in [0.15, 0.2) is 0 Å². The summed E-state index contributed by atoms with van der Waals surface area (Å²) in [7, 11) is 0. The lowest BCUT2D eigenvalue weighted by molar-refractivity contribution is -0.139. The number of carboxylic acid groups (broad SMARTS) is 1. The van der Waals surface area contributed by atoms with Crippen LogP contribution in [0.5, 0.6) is 0 Å². The minimum atomic E-state index is -0.952. The van der Waals surface area contributed by atoms with E-state index in [4.69, 9.17) is 14.4 Å². The van der Waals surface area contributed by atoms with Crippen molar-refractivity contribution in [3.05, 3.63) is 17.0 Å². The number of aryl methyl sites for hydroxylation is 2. The quantitative estimate of drug-likeness (QED) is 0.863. The van der Waals surface area contributed by atoms with Crippen molar-refractivity contribution < 1.29 is 24.0 Å². The molecule has 0 bridgehead atoms. The van der Waals surface area contributed by atoms with Gasteiger partial charge in [-0.2, -0.15) is 0 Å². The molecule has 0 aromatic carbocycles. The number of carbonyl (C=O) groups excluding carboxylic acids is 1. The zero-order valence-corrected chi connectivity index (χ0v) is 10.9. The Bertz CT molecular complexity index is 477. The Kier molecular flexibility index (Phi) is 3.84. The molecule has 1 aliphatic rings. The third-order valence-corrected chi connectivity index (χ3v) is 3.15. The molecule has 1 unspecified atom stereocenters. The Morgan fingerprint density at radius 2 is 2.21 bits per heavy atom. The molecule has 1 N–H and O–H groups in total. The molecular weight excluding hydrogens is 252 g/mol. The van der Waals surface area contributed by atoms with Crippen LogP contribution in [0, 0.1) is 13.8 Å². The third kappa shape index (κ3) is 2.76. The summed E-state index contributed by atoms with van der Waals surface area (Å²) in [5.74, 6) is -0.749. The highest BCUT2D eigenvalue weighted by Crippen LogP contribution is 2.19. The lowest BCUT2D eigenvalue weighted by atomic mass is 10.1. The number of morpholine rings is 1. The predicted octanol–water partition coefficient (Wildman–Crippen LogP) is 0.607. The minimum Gasteiger partial charge on any atom is -0.481 e. The smallest absolute Gasteiger partial charge is 0.305 e. The van der Waals surface area contributed by atoms with Gasteiger partial charge in [-0.15, -0.1) is 0 Å². The highest BCUT2D eigenvalue weighted by atomic mass is 16.5. The van der Waals surface area contributed by atoms with E-state index < -0.39 is 12.0 Å². The fourth-order valence-corrected chi connectivity index (χ4v) is 2.22. The average Bonchev–Trinajstić information content (AvgIpc) is 2.68. The number of rotatable bonds is 3. The van der Waals surface area contributed by atoms with Gasteiger partial charge in [-0.3, -0.25) is 9.59 Å². The van der Waals surface area contributed by atoms with Crippen LogP contribution in [-0.4, -0.2) is 52.8 Å². The van der Waals surface area contributed by atoms with Crippen LogP contribution in [0.25, 0.3) is 0 Å². The summed E-state index contributed by atoms with van der Waals surface area (Å²) in [4.78, 5) is 24.8. The van der Waals surface area contributed by atoms with Gasteiger partial charge in [0, 0.05) is 6.54 Å². The first-order valence-electron chi connectivity index (χ1n) is 6.04. The molecule has 104 valence electrons. The van der Waals surface area contributed by atoms with Crippen molar-refractivity contribution in [3.8, 4) is 0 Å². The first kappa shape index (κ1) is 13.5. The van der Waals surface area contributed by atoms with Gasteiger partial charge in [0.25, 0.3) is 5.91 Å². The molecule has 1 fully saturated rings. The number of aromatic nitrogens is 1. The Balaban J connectivity index is 2.22. The van der Waals surface area contributed by atoms with Crippen LogP contribution in [0.4, 0.5) is 0 Å². The van der Waals surface area contributed by atoms with E-state index in [1.54, 1.807) is 13.8 Å². The Morgan fingerprint density at radius 3 is 2.79 bits per heavy atom. The number of amides is 1. The van der Waals surface area contributed by atoms with E-state index in [2.05, 4.69) is 5.16 Å². The van der Waals surface area contributed by atoms with E-state index in [9.17, 15) is 9.59 Å². The second-order valence-corrected chi connectivity index (χ2v) is 4.52. The molecule has 2 rings (SSSR count). The molecule has 1 saturated heterocycles. The van der Waals surface area contributed by atoms with Gasteiger partial charge in [0.05, 0.1) is 31.4 Å². The van der Waals surface area contributed by atoms with Crippen molar-refractivity contribution in [1.82, 2.24) is 10.1 Å². The molecule has 1 aliphatic heterocycles. The van der Waals surface area contributed by atoms with Crippen LogP contribution in [0.3, 0.4) is 0 Å². The molecule has 2 heterocycles.